The zero-order valence-electron chi connectivity index (χ0n) is 14.4. The SMILES string of the molecule is CC(C)NC(=O)NC(=O)[C@@H](C)Oc1ccc(-c2ccccc2)cc1Cl. The summed E-state index contributed by atoms with van der Waals surface area (Å²) in [7, 11) is 0. The lowest BCUT2D eigenvalue weighted by Gasteiger charge is -2.16. The van der Waals surface area contributed by atoms with Gasteiger partial charge < -0.3 is 10.1 Å². The number of carbonyl (C=O) groups excluding carboxylic acids is 2. The van der Waals surface area contributed by atoms with Gasteiger partial charge in [-0.2, -0.15) is 0 Å². The minimum atomic E-state index is -0.863. The average molecular weight is 361 g/mol. The van der Waals surface area contributed by atoms with Gasteiger partial charge in [-0.25, -0.2) is 4.79 Å². The highest BCUT2D eigenvalue weighted by Crippen LogP contribution is 2.30. The standard InChI is InChI=1S/C19H21ClN2O3/c1-12(2)21-19(24)22-18(23)13(3)25-17-10-9-15(11-16(17)20)14-7-5-4-6-8-14/h4-13H,1-3H3,(H2,21,22,23,24)/t13-/m1/s1. The van der Waals surface area contributed by atoms with Crippen molar-refractivity contribution in [1.82, 2.24) is 10.6 Å². The molecule has 0 aliphatic rings. The highest BCUT2D eigenvalue weighted by atomic mass is 35.5. The Kier molecular flexibility index (Phi) is 6.42. The van der Waals surface area contributed by atoms with Crippen molar-refractivity contribution >= 4 is 23.5 Å². The molecule has 0 bridgehead atoms. The highest BCUT2D eigenvalue weighted by molar-refractivity contribution is 6.32. The van der Waals surface area contributed by atoms with Crippen LogP contribution in [-0.2, 0) is 4.79 Å². The van der Waals surface area contributed by atoms with Crippen LogP contribution in [0.5, 0.6) is 5.75 Å². The van der Waals surface area contributed by atoms with E-state index in [4.69, 9.17) is 16.3 Å². The molecule has 6 heteroatoms. The normalized spacial score (nSPS) is 11.7. The zero-order valence-corrected chi connectivity index (χ0v) is 15.1. The van der Waals surface area contributed by atoms with Crippen molar-refractivity contribution in [3.8, 4) is 16.9 Å². The summed E-state index contributed by atoms with van der Waals surface area (Å²) in [5.74, 6) is -0.158. The average Bonchev–Trinajstić information content (AvgIpc) is 2.56. The molecule has 0 radical (unpaired) electrons. The molecule has 0 aromatic heterocycles. The Morgan fingerprint density at radius 3 is 2.28 bits per heavy atom. The van der Waals surface area contributed by atoms with Crippen molar-refractivity contribution in [3.05, 3.63) is 53.6 Å². The van der Waals surface area contributed by atoms with Crippen LogP contribution in [0.2, 0.25) is 5.02 Å². The Hall–Kier alpha value is -2.53. The fraction of sp³-hybridized carbons (Fsp3) is 0.263. The van der Waals surface area contributed by atoms with Crippen LogP contribution in [0.25, 0.3) is 11.1 Å². The molecule has 5 nitrogen and oxygen atoms in total. The molecule has 2 aromatic rings. The van der Waals surface area contributed by atoms with E-state index in [9.17, 15) is 9.59 Å². The number of ether oxygens (including phenoxy) is 1. The third kappa shape index (κ3) is 5.50. The number of hydrogen-bond donors (Lipinski definition) is 2. The van der Waals surface area contributed by atoms with Crippen LogP contribution < -0.4 is 15.4 Å². The first-order valence-corrected chi connectivity index (χ1v) is 8.37. The van der Waals surface area contributed by atoms with E-state index in [1.807, 2.05) is 36.4 Å². The first-order valence-electron chi connectivity index (χ1n) is 8.00. The van der Waals surface area contributed by atoms with Crippen LogP contribution in [0.15, 0.2) is 48.5 Å². The largest absolute Gasteiger partial charge is 0.479 e. The number of rotatable bonds is 5. The number of amides is 3. The number of imide groups is 1. The Balaban J connectivity index is 2.02. The maximum Gasteiger partial charge on any atom is 0.321 e. The van der Waals surface area contributed by atoms with Crippen molar-refractivity contribution in [1.29, 1.82) is 0 Å². The second kappa shape index (κ2) is 8.53. The third-order valence-electron chi connectivity index (χ3n) is 3.37. The van der Waals surface area contributed by atoms with E-state index in [0.29, 0.717) is 10.8 Å². The van der Waals surface area contributed by atoms with Crippen molar-refractivity contribution in [2.45, 2.75) is 32.9 Å². The monoisotopic (exact) mass is 360 g/mol. The molecule has 0 fully saturated rings. The van der Waals surface area contributed by atoms with Gasteiger partial charge >= 0.3 is 6.03 Å². The molecule has 2 N–H and O–H groups in total. The molecule has 3 amide bonds. The predicted molar refractivity (Wildman–Crippen MR) is 98.8 cm³/mol. The lowest BCUT2D eigenvalue weighted by atomic mass is 10.1. The Labute approximate surface area is 152 Å². The van der Waals surface area contributed by atoms with E-state index in [1.54, 1.807) is 32.9 Å². The minimum Gasteiger partial charge on any atom is -0.479 e. The van der Waals surface area contributed by atoms with E-state index < -0.39 is 18.0 Å². The fourth-order valence-electron chi connectivity index (χ4n) is 2.16. The van der Waals surface area contributed by atoms with Gasteiger partial charge in [0.05, 0.1) is 5.02 Å². The first-order chi connectivity index (χ1) is 11.9. The van der Waals surface area contributed by atoms with Crippen molar-refractivity contribution in [2.24, 2.45) is 0 Å². The highest BCUT2D eigenvalue weighted by Gasteiger charge is 2.19. The summed E-state index contributed by atoms with van der Waals surface area (Å²) in [6.45, 7) is 5.16. The van der Waals surface area contributed by atoms with Crippen molar-refractivity contribution in [3.63, 3.8) is 0 Å². The van der Waals surface area contributed by atoms with Gasteiger partial charge in [-0.15, -0.1) is 0 Å². The van der Waals surface area contributed by atoms with Gasteiger partial charge in [-0.1, -0.05) is 48.0 Å². The summed E-state index contributed by atoms with van der Waals surface area (Å²) in [6, 6.07) is 14.5. The number of carbonyl (C=O) groups is 2. The quantitative estimate of drug-likeness (QED) is 0.846. The summed E-state index contributed by atoms with van der Waals surface area (Å²) in [5, 5.41) is 5.20. The summed E-state index contributed by atoms with van der Waals surface area (Å²) in [6.07, 6.45) is -0.863. The second-order valence-corrected chi connectivity index (χ2v) is 6.30. The molecule has 2 rings (SSSR count). The molecule has 0 unspecified atom stereocenters. The molecular weight excluding hydrogens is 340 g/mol. The molecule has 2 aromatic carbocycles. The van der Waals surface area contributed by atoms with Gasteiger partial charge in [0.2, 0.25) is 0 Å². The fourth-order valence-corrected chi connectivity index (χ4v) is 2.39. The molecule has 1 atom stereocenters. The summed E-state index contributed by atoms with van der Waals surface area (Å²) in [5.41, 5.74) is 1.98. The Morgan fingerprint density at radius 2 is 1.68 bits per heavy atom. The number of benzene rings is 2. The maximum absolute atomic E-state index is 12.0. The summed E-state index contributed by atoms with van der Waals surface area (Å²) in [4.78, 5) is 23.6. The van der Waals surface area contributed by atoms with Crippen LogP contribution in [0, 0.1) is 0 Å². The van der Waals surface area contributed by atoms with E-state index >= 15 is 0 Å². The molecule has 0 heterocycles. The van der Waals surface area contributed by atoms with Gasteiger partial charge in [-0.05, 0) is 44.0 Å². The van der Waals surface area contributed by atoms with Crippen LogP contribution >= 0.6 is 11.6 Å². The maximum atomic E-state index is 12.0. The summed E-state index contributed by atoms with van der Waals surface area (Å²) < 4.78 is 5.58. The minimum absolute atomic E-state index is 0.0657. The third-order valence-corrected chi connectivity index (χ3v) is 3.66. The lowest BCUT2D eigenvalue weighted by Crippen LogP contribution is -2.47. The Morgan fingerprint density at radius 1 is 1.00 bits per heavy atom. The lowest BCUT2D eigenvalue weighted by molar-refractivity contribution is -0.126. The molecular formula is C19H21ClN2O3. The van der Waals surface area contributed by atoms with E-state index in [-0.39, 0.29) is 6.04 Å². The number of halogens is 1. The van der Waals surface area contributed by atoms with Gasteiger partial charge in [0.25, 0.3) is 5.91 Å². The number of hydrogen-bond acceptors (Lipinski definition) is 3. The summed E-state index contributed by atoms with van der Waals surface area (Å²) >= 11 is 6.27. The first kappa shape index (κ1) is 18.8. The van der Waals surface area contributed by atoms with E-state index in [2.05, 4.69) is 10.6 Å². The van der Waals surface area contributed by atoms with E-state index in [0.717, 1.165) is 11.1 Å². The molecule has 0 aliphatic carbocycles. The van der Waals surface area contributed by atoms with Crippen LogP contribution in [0.1, 0.15) is 20.8 Å². The molecule has 0 saturated carbocycles. The van der Waals surface area contributed by atoms with Crippen molar-refractivity contribution < 1.29 is 14.3 Å². The van der Waals surface area contributed by atoms with Crippen LogP contribution in [0.3, 0.4) is 0 Å². The molecule has 0 aliphatic heterocycles. The number of urea groups is 1. The zero-order chi connectivity index (χ0) is 18.4. The predicted octanol–water partition coefficient (Wildman–Crippen LogP) is 4.01. The van der Waals surface area contributed by atoms with Gasteiger partial charge in [0.1, 0.15) is 5.75 Å². The molecule has 25 heavy (non-hydrogen) atoms. The molecule has 132 valence electrons. The molecule has 0 saturated heterocycles. The van der Waals surface area contributed by atoms with Crippen LogP contribution in [0.4, 0.5) is 4.79 Å². The topological polar surface area (TPSA) is 67.4 Å². The Bertz CT molecular complexity index is 748. The van der Waals surface area contributed by atoms with Crippen molar-refractivity contribution in [2.75, 3.05) is 0 Å². The number of nitrogens with one attached hydrogen (secondary N) is 2. The van der Waals surface area contributed by atoms with Crippen LogP contribution in [-0.4, -0.2) is 24.1 Å². The van der Waals surface area contributed by atoms with Gasteiger partial charge in [-0.3, -0.25) is 10.1 Å². The van der Waals surface area contributed by atoms with E-state index in [1.165, 1.54) is 0 Å². The van der Waals surface area contributed by atoms with Gasteiger partial charge in [0.15, 0.2) is 6.10 Å². The second-order valence-electron chi connectivity index (χ2n) is 5.89. The smallest absolute Gasteiger partial charge is 0.321 e. The van der Waals surface area contributed by atoms with Gasteiger partial charge in [0, 0.05) is 6.04 Å². The molecule has 0 spiro atoms.